The summed E-state index contributed by atoms with van der Waals surface area (Å²) in [6.45, 7) is 5.08. The summed E-state index contributed by atoms with van der Waals surface area (Å²) in [5.41, 5.74) is 2.61. The molecule has 1 N–H and O–H groups in total. The maximum atomic E-state index is 5.15. The molecule has 2 rings (SSSR count). The van der Waals surface area contributed by atoms with Crippen LogP contribution >= 0.6 is 0 Å². The van der Waals surface area contributed by atoms with Crippen LogP contribution in [-0.2, 0) is 19.6 Å². The second-order valence-corrected chi connectivity index (χ2v) is 4.71. The number of aromatic nitrogens is 1. The van der Waals surface area contributed by atoms with Crippen molar-refractivity contribution in [1.29, 1.82) is 0 Å². The van der Waals surface area contributed by atoms with Gasteiger partial charge in [-0.25, -0.2) is 0 Å². The molecule has 0 fully saturated rings. The van der Waals surface area contributed by atoms with Crippen LogP contribution in [0, 0.1) is 0 Å². The third-order valence-electron chi connectivity index (χ3n) is 3.11. The van der Waals surface area contributed by atoms with E-state index in [1.54, 1.807) is 7.11 Å². The monoisotopic (exact) mass is 258 g/mol. The molecule has 0 aliphatic heterocycles. The van der Waals surface area contributed by atoms with Crippen LogP contribution in [-0.4, -0.2) is 11.7 Å². The van der Waals surface area contributed by atoms with Crippen molar-refractivity contribution in [3.05, 3.63) is 53.9 Å². The summed E-state index contributed by atoms with van der Waals surface area (Å²) in [5.74, 6) is 0.903. The number of benzene rings is 1. The fourth-order valence-electron chi connectivity index (χ4n) is 2.09. The van der Waals surface area contributed by atoms with E-state index in [9.17, 15) is 0 Å². The summed E-state index contributed by atoms with van der Waals surface area (Å²) in [7, 11) is 1.69. The maximum Gasteiger partial charge on any atom is 0.118 e. The Bertz CT molecular complexity index is 488. The van der Waals surface area contributed by atoms with Crippen LogP contribution in [0.3, 0.4) is 0 Å². The molecule has 0 atom stereocenters. The summed E-state index contributed by atoms with van der Waals surface area (Å²) in [6, 6.07) is 10.3. The van der Waals surface area contributed by atoms with E-state index in [1.807, 2.05) is 12.1 Å². The van der Waals surface area contributed by atoms with Crippen molar-refractivity contribution < 1.29 is 4.74 Å². The predicted molar refractivity (Wildman–Crippen MR) is 78.3 cm³/mol. The van der Waals surface area contributed by atoms with Crippen LogP contribution in [0.25, 0.3) is 0 Å². The molecule has 0 spiro atoms. The average molecular weight is 258 g/mol. The number of ether oxygens (including phenoxy) is 1. The Morgan fingerprint density at radius 1 is 1.05 bits per heavy atom. The van der Waals surface area contributed by atoms with E-state index in [0.29, 0.717) is 0 Å². The van der Waals surface area contributed by atoms with E-state index in [4.69, 9.17) is 4.74 Å². The lowest BCUT2D eigenvalue weighted by atomic mass is 10.2. The van der Waals surface area contributed by atoms with Gasteiger partial charge in [0.1, 0.15) is 5.75 Å². The largest absolute Gasteiger partial charge is 0.497 e. The topological polar surface area (TPSA) is 26.2 Å². The van der Waals surface area contributed by atoms with E-state index in [1.165, 1.54) is 17.5 Å². The molecule has 0 saturated carbocycles. The molecular formula is C16H22N2O. The van der Waals surface area contributed by atoms with Crippen molar-refractivity contribution in [2.24, 2.45) is 0 Å². The highest BCUT2D eigenvalue weighted by Crippen LogP contribution is 2.11. The van der Waals surface area contributed by atoms with Gasteiger partial charge in [0.2, 0.25) is 0 Å². The zero-order valence-corrected chi connectivity index (χ0v) is 11.7. The van der Waals surface area contributed by atoms with Crippen molar-refractivity contribution >= 4 is 0 Å². The van der Waals surface area contributed by atoms with Crippen LogP contribution in [0.1, 0.15) is 24.5 Å². The summed E-state index contributed by atoms with van der Waals surface area (Å²) in [4.78, 5) is 0. The molecule has 3 nitrogen and oxygen atoms in total. The van der Waals surface area contributed by atoms with Gasteiger partial charge in [-0.2, -0.15) is 0 Å². The van der Waals surface area contributed by atoms with Gasteiger partial charge in [-0.3, -0.25) is 0 Å². The van der Waals surface area contributed by atoms with E-state index < -0.39 is 0 Å². The second-order valence-electron chi connectivity index (χ2n) is 4.71. The van der Waals surface area contributed by atoms with E-state index in [-0.39, 0.29) is 0 Å². The van der Waals surface area contributed by atoms with Gasteiger partial charge in [0, 0.05) is 32.0 Å². The molecule has 0 radical (unpaired) electrons. The second kappa shape index (κ2) is 7.00. The third kappa shape index (κ3) is 4.14. The number of rotatable bonds is 7. The van der Waals surface area contributed by atoms with Crippen LogP contribution in [0.4, 0.5) is 0 Å². The number of nitrogens with one attached hydrogen (secondary N) is 1. The summed E-state index contributed by atoms with van der Waals surface area (Å²) < 4.78 is 7.39. The Balaban J connectivity index is 1.78. The normalized spacial score (nSPS) is 10.6. The highest BCUT2D eigenvalue weighted by Gasteiger charge is 1.97. The molecule has 0 unspecified atom stereocenters. The van der Waals surface area contributed by atoms with E-state index in [0.717, 1.165) is 25.4 Å². The Kier molecular flexibility index (Phi) is 5.04. The molecule has 2 aromatic rings. The highest BCUT2D eigenvalue weighted by molar-refractivity contribution is 5.27. The summed E-state index contributed by atoms with van der Waals surface area (Å²) >= 11 is 0. The molecule has 0 aliphatic carbocycles. The van der Waals surface area contributed by atoms with Gasteiger partial charge in [0.25, 0.3) is 0 Å². The van der Waals surface area contributed by atoms with Crippen molar-refractivity contribution in [3.63, 3.8) is 0 Å². The van der Waals surface area contributed by atoms with Gasteiger partial charge in [0.15, 0.2) is 0 Å². The minimum absolute atomic E-state index is 0.878. The number of nitrogens with zero attached hydrogens (tertiary/aromatic N) is 1. The predicted octanol–water partition coefficient (Wildman–Crippen LogP) is 3.20. The first-order chi connectivity index (χ1) is 9.31. The fraction of sp³-hybridized carbons (Fsp3) is 0.375. The van der Waals surface area contributed by atoms with Crippen LogP contribution < -0.4 is 10.1 Å². The number of hydrogen-bond donors (Lipinski definition) is 1. The summed E-state index contributed by atoms with van der Waals surface area (Å²) in [5, 5.41) is 3.46. The van der Waals surface area contributed by atoms with Gasteiger partial charge in [-0.05, 0) is 35.7 Å². The van der Waals surface area contributed by atoms with E-state index >= 15 is 0 Å². The zero-order valence-electron chi connectivity index (χ0n) is 11.7. The molecule has 0 saturated heterocycles. The SMILES string of the molecule is CCCn1ccc(CNCc2ccc(OC)cc2)c1. The Morgan fingerprint density at radius 3 is 2.47 bits per heavy atom. The van der Waals surface area contributed by atoms with E-state index in [2.05, 4.69) is 47.4 Å². The van der Waals surface area contributed by atoms with Crippen LogP contribution in [0.5, 0.6) is 5.75 Å². The van der Waals surface area contributed by atoms with Gasteiger partial charge in [-0.15, -0.1) is 0 Å². The lowest BCUT2D eigenvalue weighted by Crippen LogP contribution is -2.12. The smallest absolute Gasteiger partial charge is 0.118 e. The fourth-order valence-corrected chi connectivity index (χ4v) is 2.09. The molecule has 0 aliphatic rings. The Labute approximate surface area is 115 Å². The van der Waals surface area contributed by atoms with Crippen molar-refractivity contribution in [2.45, 2.75) is 33.0 Å². The zero-order chi connectivity index (χ0) is 13.5. The first-order valence-electron chi connectivity index (χ1n) is 6.80. The van der Waals surface area contributed by atoms with Gasteiger partial charge < -0.3 is 14.6 Å². The molecule has 1 aromatic carbocycles. The van der Waals surface area contributed by atoms with Crippen molar-refractivity contribution in [1.82, 2.24) is 9.88 Å². The first-order valence-corrected chi connectivity index (χ1v) is 6.80. The minimum atomic E-state index is 0.878. The van der Waals surface area contributed by atoms with Crippen LogP contribution in [0.2, 0.25) is 0 Å². The molecule has 19 heavy (non-hydrogen) atoms. The molecule has 1 aromatic heterocycles. The van der Waals surface area contributed by atoms with Crippen molar-refractivity contribution in [3.8, 4) is 5.75 Å². The number of hydrogen-bond acceptors (Lipinski definition) is 2. The molecule has 102 valence electrons. The Hall–Kier alpha value is -1.74. The average Bonchev–Trinajstić information content (AvgIpc) is 2.88. The highest BCUT2D eigenvalue weighted by atomic mass is 16.5. The van der Waals surface area contributed by atoms with Gasteiger partial charge in [0.05, 0.1) is 7.11 Å². The standard InChI is InChI=1S/C16H22N2O/c1-3-9-18-10-8-15(13-18)12-17-11-14-4-6-16(19-2)7-5-14/h4-8,10,13,17H,3,9,11-12H2,1-2H3. The first kappa shape index (κ1) is 13.7. The molecule has 3 heteroatoms. The lowest BCUT2D eigenvalue weighted by molar-refractivity contribution is 0.414. The number of methoxy groups -OCH3 is 1. The number of aryl methyl sites for hydroxylation is 1. The third-order valence-corrected chi connectivity index (χ3v) is 3.11. The lowest BCUT2D eigenvalue weighted by Gasteiger charge is -2.05. The Morgan fingerprint density at radius 2 is 1.79 bits per heavy atom. The van der Waals surface area contributed by atoms with Gasteiger partial charge in [-0.1, -0.05) is 19.1 Å². The minimum Gasteiger partial charge on any atom is -0.497 e. The maximum absolute atomic E-state index is 5.15. The van der Waals surface area contributed by atoms with Crippen LogP contribution in [0.15, 0.2) is 42.7 Å². The molecule has 0 amide bonds. The van der Waals surface area contributed by atoms with Crippen molar-refractivity contribution in [2.75, 3.05) is 7.11 Å². The molecular weight excluding hydrogens is 236 g/mol. The summed E-state index contributed by atoms with van der Waals surface area (Å²) in [6.07, 6.45) is 5.53. The molecule has 1 heterocycles. The molecule has 0 bridgehead atoms. The quantitative estimate of drug-likeness (QED) is 0.825. The van der Waals surface area contributed by atoms with Gasteiger partial charge >= 0.3 is 0 Å².